The summed E-state index contributed by atoms with van der Waals surface area (Å²) in [4.78, 5) is 10.4. The molecule has 4 nitrogen and oxygen atoms in total. The second kappa shape index (κ2) is 4.05. The van der Waals surface area contributed by atoms with E-state index in [9.17, 15) is 4.91 Å². The number of nitrogens with one attached hydrogen (secondary N) is 1. The van der Waals surface area contributed by atoms with Gasteiger partial charge >= 0.3 is 0 Å². The number of hydrogen-bond donors (Lipinski definition) is 1. The molecule has 2 atom stereocenters. The average Bonchev–Trinajstić information content (AvgIpc) is 2.50. The standard InChI is InChI=1S/C7H13N3O.ClH/c11-9-10-3-1-2-6-4-8-5-7(6)10;/h6-8H,1-5H2;1H/t6-,7+;/m0./s1. The van der Waals surface area contributed by atoms with Crippen molar-refractivity contribution in [2.24, 2.45) is 11.2 Å². The Kier molecular flexibility index (Phi) is 3.29. The van der Waals surface area contributed by atoms with Crippen molar-refractivity contribution in [1.29, 1.82) is 0 Å². The lowest BCUT2D eigenvalue weighted by Crippen LogP contribution is -2.41. The first-order valence-electron chi connectivity index (χ1n) is 4.22. The molecule has 70 valence electrons. The highest BCUT2D eigenvalue weighted by atomic mass is 35.5. The van der Waals surface area contributed by atoms with Gasteiger partial charge in [-0.05, 0) is 18.8 Å². The van der Waals surface area contributed by atoms with Gasteiger partial charge in [0.05, 0.1) is 11.3 Å². The molecule has 0 saturated carbocycles. The fourth-order valence-corrected chi connectivity index (χ4v) is 2.15. The van der Waals surface area contributed by atoms with Gasteiger partial charge in [0.1, 0.15) is 0 Å². The van der Waals surface area contributed by atoms with Crippen LogP contribution in [0.15, 0.2) is 5.29 Å². The van der Waals surface area contributed by atoms with Crippen molar-refractivity contribution in [3.8, 4) is 0 Å². The van der Waals surface area contributed by atoms with Crippen LogP contribution in [0.1, 0.15) is 12.8 Å². The Balaban J connectivity index is 0.000000720. The first-order chi connectivity index (χ1) is 5.42. The van der Waals surface area contributed by atoms with E-state index >= 15 is 0 Å². The van der Waals surface area contributed by atoms with Gasteiger partial charge in [0.2, 0.25) is 0 Å². The maximum atomic E-state index is 10.4. The van der Waals surface area contributed by atoms with Crippen LogP contribution in [-0.4, -0.2) is 30.7 Å². The van der Waals surface area contributed by atoms with Crippen LogP contribution in [0.25, 0.3) is 0 Å². The van der Waals surface area contributed by atoms with Crippen molar-refractivity contribution in [2.45, 2.75) is 18.9 Å². The van der Waals surface area contributed by atoms with Crippen LogP contribution >= 0.6 is 12.4 Å². The SMILES string of the molecule is Cl.O=NN1CCC[C@H]2CNC[C@H]21. The number of rotatable bonds is 1. The molecule has 0 unspecified atom stereocenters. The maximum Gasteiger partial charge on any atom is 0.0667 e. The minimum absolute atomic E-state index is 0. The summed E-state index contributed by atoms with van der Waals surface area (Å²) in [5, 5.41) is 8.02. The normalized spacial score (nSPS) is 33.8. The molecule has 1 N–H and O–H groups in total. The van der Waals surface area contributed by atoms with Crippen LogP contribution in [-0.2, 0) is 0 Å². The molecule has 2 rings (SSSR count). The average molecular weight is 192 g/mol. The van der Waals surface area contributed by atoms with E-state index in [-0.39, 0.29) is 12.4 Å². The van der Waals surface area contributed by atoms with Gasteiger partial charge in [-0.25, -0.2) is 0 Å². The number of piperidine rings is 1. The molecule has 2 saturated heterocycles. The second-order valence-electron chi connectivity index (χ2n) is 3.37. The number of fused-ring (bicyclic) bond motifs is 1. The lowest BCUT2D eigenvalue weighted by Gasteiger charge is -2.31. The fourth-order valence-electron chi connectivity index (χ4n) is 2.15. The van der Waals surface area contributed by atoms with E-state index in [1.807, 2.05) is 0 Å². The lowest BCUT2D eigenvalue weighted by molar-refractivity contribution is 0.128. The van der Waals surface area contributed by atoms with E-state index in [1.165, 1.54) is 6.42 Å². The Labute approximate surface area is 78.0 Å². The molecule has 0 spiro atoms. The summed E-state index contributed by atoms with van der Waals surface area (Å²) < 4.78 is 0. The van der Waals surface area contributed by atoms with Gasteiger partial charge in [-0.3, -0.25) is 5.01 Å². The van der Waals surface area contributed by atoms with Crippen molar-refractivity contribution in [2.75, 3.05) is 19.6 Å². The molecule has 12 heavy (non-hydrogen) atoms. The molecule has 5 heteroatoms. The Hall–Kier alpha value is -0.350. The van der Waals surface area contributed by atoms with Gasteiger partial charge in [-0.15, -0.1) is 17.3 Å². The molecule has 0 bridgehead atoms. The summed E-state index contributed by atoms with van der Waals surface area (Å²) in [6.07, 6.45) is 2.37. The molecular formula is C7H14ClN3O. The van der Waals surface area contributed by atoms with Crippen molar-refractivity contribution >= 4 is 12.4 Å². The molecule has 0 amide bonds. The van der Waals surface area contributed by atoms with Gasteiger partial charge in [-0.1, -0.05) is 0 Å². The molecular weight excluding hydrogens is 178 g/mol. The van der Waals surface area contributed by atoms with Crippen LogP contribution in [0.3, 0.4) is 0 Å². The van der Waals surface area contributed by atoms with Crippen LogP contribution < -0.4 is 5.32 Å². The quantitative estimate of drug-likeness (QED) is 0.623. The van der Waals surface area contributed by atoms with E-state index in [0.717, 1.165) is 26.1 Å². The predicted molar refractivity (Wildman–Crippen MR) is 49.1 cm³/mol. The first kappa shape index (κ1) is 9.74. The molecule has 0 aromatic rings. The third kappa shape index (κ3) is 1.54. The lowest BCUT2D eigenvalue weighted by atomic mass is 9.93. The summed E-state index contributed by atoms with van der Waals surface area (Å²) in [7, 11) is 0. The van der Waals surface area contributed by atoms with Gasteiger partial charge in [-0.2, -0.15) is 0 Å². The highest BCUT2D eigenvalue weighted by Gasteiger charge is 2.35. The molecule has 0 aromatic carbocycles. The number of hydrogen-bond acceptors (Lipinski definition) is 3. The molecule has 0 aliphatic carbocycles. The largest absolute Gasteiger partial charge is 0.314 e. The smallest absolute Gasteiger partial charge is 0.0667 e. The number of halogens is 1. The third-order valence-corrected chi connectivity index (χ3v) is 2.75. The van der Waals surface area contributed by atoms with Gasteiger partial charge < -0.3 is 5.32 Å². The van der Waals surface area contributed by atoms with Crippen molar-refractivity contribution in [3.63, 3.8) is 0 Å². The molecule has 2 aliphatic heterocycles. The van der Waals surface area contributed by atoms with Crippen LogP contribution in [0.2, 0.25) is 0 Å². The minimum atomic E-state index is 0. The van der Waals surface area contributed by atoms with Crippen LogP contribution in [0.4, 0.5) is 0 Å². The molecule has 2 fully saturated rings. The molecule has 2 aliphatic rings. The van der Waals surface area contributed by atoms with Crippen molar-refractivity contribution in [3.05, 3.63) is 4.91 Å². The summed E-state index contributed by atoms with van der Waals surface area (Å²) in [5.41, 5.74) is 0. The maximum absolute atomic E-state index is 10.4. The summed E-state index contributed by atoms with van der Waals surface area (Å²) in [6, 6.07) is 0.390. The monoisotopic (exact) mass is 191 g/mol. The molecule has 0 aromatic heterocycles. The van der Waals surface area contributed by atoms with Crippen LogP contribution in [0, 0.1) is 10.8 Å². The Morgan fingerprint density at radius 1 is 1.42 bits per heavy atom. The zero-order valence-corrected chi connectivity index (χ0v) is 7.72. The zero-order valence-electron chi connectivity index (χ0n) is 6.90. The Morgan fingerprint density at radius 2 is 2.25 bits per heavy atom. The summed E-state index contributed by atoms with van der Waals surface area (Å²) in [6.45, 7) is 2.86. The summed E-state index contributed by atoms with van der Waals surface area (Å²) >= 11 is 0. The molecule has 2 heterocycles. The van der Waals surface area contributed by atoms with Gasteiger partial charge in [0.15, 0.2) is 0 Å². The van der Waals surface area contributed by atoms with Crippen LogP contribution in [0.5, 0.6) is 0 Å². The van der Waals surface area contributed by atoms with Crippen molar-refractivity contribution in [1.82, 2.24) is 10.3 Å². The Bertz CT molecular complexity index is 167. The van der Waals surface area contributed by atoms with Crippen molar-refractivity contribution < 1.29 is 0 Å². The van der Waals surface area contributed by atoms with Gasteiger partial charge in [0, 0.05) is 19.6 Å². The van der Waals surface area contributed by atoms with E-state index in [1.54, 1.807) is 5.01 Å². The number of nitroso groups, excluding NO2 is 1. The first-order valence-corrected chi connectivity index (χ1v) is 4.22. The third-order valence-electron chi connectivity index (χ3n) is 2.75. The predicted octanol–water partition coefficient (Wildman–Crippen LogP) is 0.773. The van der Waals surface area contributed by atoms with E-state index in [2.05, 4.69) is 10.6 Å². The molecule has 0 radical (unpaired) electrons. The summed E-state index contributed by atoms with van der Waals surface area (Å²) in [5.74, 6) is 0.668. The highest BCUT2D eigenvalue weighted by Crippen LogP contribution is 2.25. The van der Waals surface area contributed by atoms with Gasteiger partial charge in [0.25, 0.3) is 0 Å². The second-order valence-corrected chi connectivity index (χ2v) is 3.37. The van der Waals surface area contributed by atoms with E-state index < -0.39 is 0 Å². The highest BCUT2D eigenvalue weighted by molar-refractivity contribution is 5.85. The van der Waals surface area contributed by atoms with E-state index in [4.69, 9.17) is 0 Å². The fraction of sp³-hybridized carbons (Fsp3) is 1.00. The Morgan fingerprint density at radius 3 is 3.00 bits per heavy atom. The topological polar surface area (TPSA) is 44.7 Å². The van der Waals surface area contributed by atoms with E-state index in [0.29, 0.717) is 12.0 Å². The minimum Gasteiger partial charge on any atom is -0.314 e. The zero-order chi connectivity index (χ0) is 7.68. The number of nitrogens with zero attached hydrogens (tertiary/aromatic N) is 2.